The molecule has 1 heteroatoms. The van der Waals surface area contributed by atoms with Gasteiger partial charge in [0, 0.05) is 6.54 Å². The minimum Gasteiger partial charge on any atom is -0.306 e. The van der Waals surface area contributed by atoms with Crippen molar-refractivity contribution in [3.63, 3.8) is 0 Å². The molecule has 1 fully saturated rings. The summed E-state index contributed by atoms with van der Waals surface area (Å²) in [4.78, 5) is 2.43. The zero-order chi connectivity index (χ0) is 13.1. The molecule has 1 aromatic rings. The van der Waals surface area contributed by atoms with Crippen molar-refractivity contribution in [2.75, 3.05) is 20.1 Å². The highest BCUT2D eigenvalue weighted by Crippen LogP contribution is 2.25. The van der Waals surface area contributed by atoms with Crippen LogP contribution in [0, 0.1) is 19.8 Å². The summed E-state index contributed by atoms with van der Waals surface area (Å²) in [6.45, 7) is 11.1. The van der Waals surface area contributed by atoms with Gasteiger partial charge in [-0.25, -0.2) is 0 Å². The largest absolute Gasteiger partial charge is 0.306 e. The molecule has 1 aliphatic heterocycles. The van der Waals surface area contributed by atoms with Gasteiger partial charge in [-0.2, -0.15) is 0 Å². The van der Waals surface area contributed by atoms with E-state index in [-0.39, 0.29) is 0 Å². The van der Waals surface area contributed by atoms with Gasteiger partial charge in [-0.1, -0.05) is 35.9 Å². The van der Waals surface area contributed by atoms with Crippen molar-refractivity contribution in [3.05, 3.63) is 47.0 Å². The van der Waals surface area contributed by atoms with Crippen LogP contribution in [0.15, 0.2) is 30.4 Å². The maximum Gasteiger partial charge on any atom is 0.00440 e. The maximum atomic E-state index is 4.34. The van der Waals surface area contributed by atoms with Crippen molar-refractivity contribution >= 4 is 0 Å². The Kier molecular flexibility index (Phi) is 4.23. The molecule has 0 aliphatic carbocycles. The van der Waals surface area contributed by atoms with Gasteiger partial charge >= 0.3 is 0 Å². The molecule has 0 radical (unpaired) electrons. The summed E-state index contributed by atoms with van der Waals surface area (Å²) in [7, 11) is 2.22. The molecule has 1 aromatic carbocycles. The highest BCUT2D eigenvalue weighted by molar-refractivity contribution is 5.33. The first-order chi connectivity index (χ1) is 8.56. The van der Waals surface area contributed by atoms with Crippen LogP contribution in [0.2, 0.25) is 0 Å². The average molecular weight is 243 g/mol. The molecule has 0 N–H and O–H groups in total. The molecule has 1 aliphatic rings. The third-order valence-electron chi connectivity index (χ3n) is 4.12. The summed E-state index contributed by atoms with van der Waals surface area (Å²) < 4.78 is 0. The van der Waals surface area contributed by atoms with Crippen molar-refractivity contribution < 1.29 is 0 Å². The molecule has 0 spiro atoms. The molecular formula is C17H25N. The molecule has 1 heterocycles. The van der Waals surface area contributed by atoms with Crippen LogP contribution in [0.1, 0.15) is 29.5 Å². The maximum absolute atomic E-state index is 4.34. The van der Waals surface area contributed by atoms with Gasteiger partial charge in [0.2, 0.25) is 0 Å². The Labute approximate surface area is 112 Å². The van der Waals surface area contributed by atoms with Gasteiger partial charge in [0.05, 0.1) is 0 Å². The second kappa shape index (κ2) is 5.71. The Morgan fingerprint density at radius 1 is 1.39 bits per heavy atom. The van der Waals surface area contributed by atoms with Gasteiger partial charge in [-0.05, 0) is 63.7 Å². The summed E-state index contributed by atoms with van der Waals surface area (Å²) in [6.07, 6.45) is 3.67. The highest BCUT2D eigenvalue weighted by atomic mass is 15.1. The van der Waals surface area contributed by atoms with E-state index < -0.39 is 0 Å². The fourth-order valence-electron chi connectivity index (χ4n) is 2.93. The Morgan fingerprint density at radius 3 is 2.83 bits per heavy atom. The Morgan fingerprint density at radius 2 is 2.17 bits per heavy atom. The number of piperidine rings is 1. The average Bonchev–Trinajstić information content (AvgIpc) is 2.32. The molecule has 98 valence electrons. The summed E-state index contributed by atoms with van der Waals surface area (Å²) >= 11 is 0. The normalized spacial score (nSPS) is 20.9. The number of hydrogen-bond acceptors (Lipinski definition) is 1. The lowest BCUT2D eigenvalue weighted by Crippen LogP contribution is -2.33. The fourth-order valence-corrected chi connectivity index (χ4v) is 2.93. The molecule has 1 unspecified atom stereocenters. The van der Waals surface area contributed by atoms with Crippen LogP contribution >= 0.6 is 0 Å². The zero-order valence-corrected chi connectivity index (χ0v) is 12.0. The lowest BCUT2D eigenvalue weighted by atomic mass is 9.87. The number of nitrogens with zero attached hydrogens (tertiary/aromatic N) is 1. The van der Waals surface area contributed by atoms with Crippen LogP contribution in [0.25, 0.3) is 0 Å². The van der Waals surface area contributed by atoms with Gasteiger partial charge in [0.1, 0.15) is 0 Å². The van der Waals surface area contributed by atoms with E-state index in [2.05, 4.69) is 50.6 Å². The molecular weight excluding hydrogens is 218 g/mol. The topological polar surface area (TPSA) is 3.24 Å². The number of benzene rings is 1. The van der Waals surface area contributed by atoms with Gasteiger partial charge in [-0.15, -0.1) is 0 Å². The van der Waals surface area contributed by atoms with Crippen molar-refractivity contribution in [2.24, 2.45) is 5.92 Å². The fraction of sp³-hybridized carbons (Fsp3) is 0.529. The summed E-state index contributed by atoms with van der Waals surface area (Å²) in [5.41, 5.74) is 5.60. The van der Waals surface area contributed by atoms with Crippen LogP contribution in [0.3, 0.4) is 0 Å². The minimum absolute atomic E-state index is 0.685. The van der Waals surface area contributed by atoms with E-state index in [1.807, 2.05) is 0 Å². The molecule has 1 nitrogen and oxygen atoms in total. The third kappa shape index (κ3) is 3.23. The molecule has 18 heavy (non-hydrogen) atoms. The number of aryl methyl sites for hydroxylation is 2. The Hall–Kier alpha value is -1.08. The van der Waals surface area contributed by atoms with Crippen LogP contribution in [-0.2, 0) is 6.42 Å². The smallest absolute Gasteiger partial charge is 0.00440 e. The van der Waals surface area contributed by atoms with E-state index in [1.54, 1.807) is 0 Å². The van der Waals surface area contributed by atoms with Gasteiger partial charge in [0.25, 0.3) is 0 Å². The van der Waals surface area contributed by atoms with Crippen molar-refractivity contribution in [1.29, 1.82) is 0 Å². The second-order valence-electron chi connectivity index (χ2n) is 5.87. The van der Waals surface area contributed by atoms with E-state index >= 15 is 0 Å². The summed E-state index contributed by atoms with van der Waals surface area (Å²) in [6, 6.07) is 6.75. The standard InChI is InChI=1S/C17H25N/c1-13-7-8-16(14(2)10-13)11-15(3)17-6-5-9-18(4)12-17/h7-8,10,17H,3,5-6,9,11-12H2,1-2,4H3. The quantitative estimate of drug-likeness (QED) is 0.731. The number of rotatable bonds is 3. The third-order valence-corrected chi connectivity index (χ3v) is 4.12. The van der Waals surface area contributed by atoms with E-state index in [0.29, 0.717) is 5.92 Å². The van der Waals surface area contributed by atoms with Gasteiger partial charge < -0.3 is 4.90 Å². The molecule has 2 rings (SSSR count). The summed E-state index contributed by atoms with van der Waals surface area (Å²) in [5, 5.41) is 0. The van der Waals surface area contributed by atoms with E-state index in [0.717, 1.165) is 6.42 Å². The number of hydrogen-bond donors (Lipinski definition) is 0. The SMILES string of the molecule is C=C(Cc1ccc(C)cc1C)C1CCCN(C)C1. The first-order valence-corrected chi connectivity index (χ1v) is 6.98. The lowest BCUT2D eigenvalue weighted by molar-refractivity contribution is 0.229. The van der Waals surface area contributed by atoms with Crippen molar-refractivity contribution in [2.45, 2.75) is 33.1 Å². The summed E-state index contributed by atoms with van der Waals surface area (Å²) in [5.74, 6) is 0.685. The zero-order valence-electron chi connectivity index (χ0n) is 12.0. The second-order valence-corrected chi connectivity index (χ2v) is 5.87. The molecule has 1 saturated heterocycles. The highest BCUT2D eigenvalue weighted by Gasteiger charge is 2.19. The van der Waals surface area contributed by atoms with Gasteiger partial charge in [-0.3, -0.25) is 0 Å². The van der Waals surface area contributed by atoms with E-state index in [9.17, 15) is 0 Å². The Balaban J connectivity index is 2.02. The van der Waals surface area contributed by atoms with E-state index in [4.69, 9.17) is 0 Å². The molecule has 1 atom stereocenters. The van der Waals surface area contributed by atoms with Crippen LogP contribution in [0.5, 0.6) is 0 Å². The molecule has 0 amide bonds. The first-order valence-electron chi connectivity index (χ1n) is 6.98. The predicted octanol–water partition coefficient (Wildman–Crippen LogP) is 3.74. The molecule has 0 aromatic heterocycles. The lowest BCUT2D eigenvalue weighted by Gasteiger charge is -2.31. The number of likely N-dealkylation sites (tertiary alicyclic amines) is 1. The molecule has 0 saturated carbocycles. The first kappa shape index (κ1) is 13.4. The molecule has 0 bridgehead atoms. The van der Waals surface area contributed by atoms with Crippen molar-refractivity contribution in [3.8, 4) is 0 Å². The predicted molar refractivity (Wildman–Crippen MR) is 79.0 cm³/mol. The van der Waals surface area contributed by atoms with Crippen molar-refractivity contribution in [1.82, 2.24) is 4.90 Å². The van der Waals surface area contributed by atoms with E-state index in [1.165, 1.54) is 48.2 Å². The van der Waals surface area contributed by atoms with Crippen LogP contribution in [0.4, 0.5) is 0 Å². The van der Waals surface area contributed by atoms with Gasteiger partial charge in [0.15, 0.2) is 0 Å². The van der Waals surface area contributed by atoms with Crippen LogP contribution < -0.4 is 0 Å². The Bertz CT molecular complexity index is 433. The monoisotopic (exact) mass is 243 g/mol. The minimum atomic E-state index is 0.685. The van der Waals surface area contributed by atoms with Crippen LogP contribution in [-0.4, -0.2) is 25.0 Å².